The number of halogens is 3. The lowest BCUT2D eigenvalue weighted by Crippen LogP contribution is -2.20. The standard InChI is InChI=1S/C3H4Cl3O/c1-2(4)3(5,6)7/h2H,1H3. The first kappa shape index (κ1) is 7.83. The Labute approximate surface area is 57.2 Å². The van der Waals surface area contributed by atoms with Crippen LogP contribution in [-0.2, 0) is 5.11 Å². The molecule has 0 heterocycles. The van der Waals surface area contributed by atoms with E-state index in [4.69, 9.17) is 34.8 Å². The Balaban J connectivity index is 3.54. The molecule has 1 nitrogen and oxygen atoms in total. The lowest BCUT2D eigenvalue weighted by molar-refractivity contribution is 0.121. The van der Waals surface area contributed by atoms with Crippen molar-refractivity contribution >= 4 is 34.8 Å². The maximum Gasteiger partial charge on any atom is 0.266 e. The van der Waals surface area contributed by atoms with Crippen molar-refractivity contribution in [1.82, 2.24) is 0 Å². The minimum Gasteiger partial charge on any atom is -0.192 e. The van der Waals surface area contributed by atoms with Crippen molar-refractivity contribution < 1.29 is 5.11 Å². The Morgan fingerprint density at radius 1 is 1.57 bits per heavy atom. The van der Waals surface area contributed by atoms with Crippen LogP contribution >= 0.6 is 34.8 Å². The van der Waals surface area contributed by atoms with Gasteiger partial charge in [0, 0.05) is 0 Å². The van der Waals surface area contributed by atoms with E-state index in [2.05, 4.69) is 0 Å². The lowest BCUT2D eigenvalue weighted by atomic mass is 10.5. The summed E-state index contributed by atoms with van der Waals surface area (Å²) in [7, 11) is 0. The first-order valence-corrected chi connectivity index (χ1v) is 2.86. The van der Waals surface area contributed by atoms with E-state index in [-0.39, 0.29) is 0 Å². The Bertz CT molecular complexity index is 55.7. The smallest absolute Gasteiger partial charge is 0.192 e. The molecule has 0 rings (SSSR count). The molecule has 4 heteroatoms. The van der Waals surface area contributed by atoms with Crippen molar-refractivity contribution in [3.63, 3.8) is 0 Å². The number of hydrogen-bond donors (Lipinski definition) is 0. The molecule has 1 atom stereocenters. The SMILES string of the molecule is CC(Cl)C([O])(Cl)Cl. The molecule has 0 saturated heterocycles. The van der Waals surface area contributed by atoms with E-state index in [1.54, 1.807) is 0 Å². The summed E-state index contributed by atoms with van der Waals surface area (Å²) >= 11 is 15.1. The first-order valence-electron chi connectivity index (χ1n) is 1.67. The Morgan fingerprint density at radius 3 is 1.71 bits per heavy atom. The molecule has 0 saturated carbocycles. The summed E-state index contributed by atoms with van der Waals surface area (Å²) < 4.78 is -2.04. The van der Waals surface area contributed by atoms with E-state index < -0.39 is 9.90 Å². The van der Waals surface area contributed by atoms with Gasteiger partial charge in [-0.3, -0.25) is 0 Å². The molecule has 0 aliphatic heterocycles. The maximum absolute atomic E-state index is 10.2. The summed E-state index contributed by atoms with van der Waals surface area (Å²) in [4.78, 5) is 0. The second-order valence-electron chi connectivity index (χ2n) is 1.18. The molecule has 0 aromatic rings. The van der Waals surface area contributed by atoms with Gasteiger partial charge < -0.3 is 0 Å². The summed E-state index contributed by atoms with van der Waals surface area (Å²) in [5, 5.41) is 9.45. The van der Waals surface area contributed by atoms with Crippen LogP contribution in [0.1, 0.15) is 6.92 Å². The highest BCUT2D eigenvalue weighted by molar-refractivity contribution is 6.50. The predicted molar refractivity (Wildman–Crippen MR) is 30.4 cm³/mol. The van der Waals surface area contributed by atoms with Gasteiger partial charge in [0.25, 0.3) is 4.52 Å². The predicted octanol–water partition coefficient (Wildman–Crippen LogP) is 2.18. The van der Waals surface area contributed by atoms with Crippen LogP contribution in [0.15, 0.2) is 0 Å². The number of alkyl halides is 3. The maximum atomic E-state index is 10.2. The van der Waals surface area contributed by atoms with Crippen molar-refractivity contribution in [3.8, 4) is 0 Å². The molecule has 0 aromatic heterocycles. The summed E-state index contributed by atoms with van der Waals surface area (Å²) in [6.07, 6.45) is 0. The van der Waals surface area contributed by atoms with Crippen molar-refractivity contribution in [2.45, 2.75) is 16.8 Å². The van der Waals surface area contributed by atoms with E-state index in [1.165, 1.54) is 6.92 Å². The second kappa shape index (κ2) is 2.40. The van der Waals surface area contributed by atoms with Crippen molar-refractivity contribution in [2.24, 2.45) is 0 Å². The van der Waals surface area contributed by atoms with Crippen LogP contribution in [-0.4, -0.2) is 9.90 Å². The molecule has 0 spiro atoms. The van der Waals surface area contributed by atoms with Gasteiger partial charge in [-0.1, -0.05) is 23.2 Å². The minimum absolute atomic E-state index is 0.754. The minimum atomic E-state index is -2.04. The highest BCUT2D eigenvalue weighted by Gasteiger charge is 2.28. The highest BCUT2D eigenvalue weighted by Crippen LogP contribution is 2.25. The summed E-state index contributed by atoms with van der Waals surface area (Å²) in [5.41, 5.74) is 0. The molecule has 1 unspecified atom stereocenters. The van der Waals surface area contributed by atoms with Gasteiger partial charge in [-0.05, 0) is 6.92 Å². The van der Waals surface area contributed by atoms with Crippen molar-refractivity contribution in [1.29, 1.82) is 0 Å². The molecule has 0 amide bonds. The third-order valence-corrected chi connectivity index (χ3v) is 1.65. The van der Waals surface area contributed by atoms with Crippen molar-refractivity contribution in [2.75, 3.05) is 0 Å². The fourth-order valence-corrected chi connectivity index (χ4v) is 0. The molecule has 0 aliphatic carbocycles. The Morgan fingerprint density at radius 2 is 1.71 bits per heavy atom. The normalized spacial score (nSPS) is 16.7. The van der Waals surface area contributed by atoms with E-state index in [0.717, 1.165) is 0 Å². The molecular weight excluding hydrogens is 158 g/mol. The van der Waals surface area contributed by atoms with Gasteiger partial charge in [-0.2, -0.15) is 5.11 Å². The topological polar surface area (TPSA) is 19.9 Å². The van der Waals surface area contributed by atoms with E-state index in [0.29, 0.717) is 0 Å². The van der Waals surface area contributed by atoms with Crippen molar-refractivity contribution in [3.05, 3.63) is 0 Å². The molecule has 0 aliphatic rings. The quantitative estimate of drug-likeness (QED) is 0.527. The van der Waals surface area contributed by atoms with Gasteiger partial charge in [0.05, 0.1) is 5.38 Å². The molecule has 1 radical (unpaired) electrons. The number of rotatable bonds is 1. The molecular formula is C3H4Cl3O. The lowest BCUT2D eigenvalue weighted by Gasteiger charge is -2.09. The zero-order chi connectivity index (χ0) is 6.08. The Kier molecular flexibility index (Phi) is 2.69. The first-order chi connectivity index (χ1) is 2.94. The average Bonchev–Trinajstić information content (AvgIpc) is 1.31. The van der Waals surface area contributed by atoms with Gasteiger partial charge in [-0.15, -0.1) is 11.6 Å². The average molecular weight is 162 g/mol. The molecule has 0 aromatic carbocycles. The molecule has 43 valence electrons. The number of hydrogen-bond acceptors (Lipinski definition) is 0. The summed E-state index contributed by atoms with van der Waals surface area (Å²) in [6, 6.07) is 0. The van der Waals surface area contributed by atoms with Gasteiger partial charge in [0.15, 0.2) is 0 Å². The summed E-state index contributed by atoms with van der Waals surface area (Å²) in [5.74, 6) is 0. The van der Waals surface area contributed by atoms with Crippen LogP contribution < -0.4 is 0 Å². The van der Waals surface area contributed by atoms with Gasteiger partial charge in [0.2, 0.25) is 0 Å². The van der Waals surface area contributed by atoms with Crippen LogP contribution in [0.3, 0.4) is 0 Å². The molecule has 7 heavy (non-hydrogen) atoms. The molecule has 0 N–H and O–H groups in total. The van der Waals surface area contributed by atoms with E-state index >= 15 is 0 Å². The largest absolute Gasteiger partial charge is 0.266 e. The van der Waals surface area contributed by atoms with Gasteiger partial charge in [0.1, 0.15) is 0 Å². The fraction of sp³-hybridized carbons (Fsp3) is 1.00. The van der Waals surface area contributed by atoms with Crippen LogP contribution in [0.2, 0.25) is 0 Å². The highest BCUT2D eigenvalue weighted by atomic mass is 35.5. The summed E-state index contributed by atoms with van der Waals surface area (Å²) in [6.45, 7) is 1.44. The second-order valence-corrected chi connectivity index (χ2v) is 3.15. The molecule has 0 bridgehead atoms. The van der Waals surface area contributed by atoms with Crippen LogP contribution in [0.25, 0.3) is 0 Å². The van der Waals surface area contributed by atoms with Gasteiger partial charge >= 0.3 is 0 Å². The zero-order valence-electron chi connectivity index (χ0n) is 3.62. The molecule has 0 fully saturated rings. The fourth-order valence-electron chi connectivity index (χ4n) is 0. The van der Waals surface area contributed by atoms with Gasteiger partial charge in [-0.25, -0.2) is 0 Å². The third-order valence-electron chi connectivity index (χ3n) is 0.463. The third kappa shape index (κ3) is 3.42. The van der Waals surface area contributed by atoms with E-state index in [1.807, 2.05) is 0 Å². The zero-order valence-corrected chi connectivity index (χ0v) is 5.89. The van der Waals surface area contributed by atoms with Crippen LogP contribution in [0.5, 0.6) is 0 Å². The monoisotopic (exact) mass is 161 g/mol. The van der Waals surface area contributed by atoms with E-state index in [9.17, 15) is 5.11 Å². The van der Waals surface area contributed by atoms with Crippen LogP contribution in [0.4, 0.5) is 0 Å². The Hall–Kier alpha value is 0.830. The van der Waals surface area contributed by atoms with Crippen LogP contribution in [0, 0.1) is 0 Å².